The van der Waals surface area contributed by atoms with Gasteiger partial charge in [-0.1, -0.05) is 32.6 Å². The lowest BCUT2D eigenvalue weighted by atomic mass is 10.0. The highest BCUT2D eigenvalue weighted by molar-refractivity contribution is 4.96. The van der Waals surface area contributed by atoms with E-state index in [9.17, 15) is 0 Å². The SMILES string of the molecule is CCNCCc1ncc(CC2CCCC2)o1. The first-order valence-electron chi connectivity index (χ1n) is 6.52. The summed E-state index contributed by atoms with van der Waals surface area (Å²) >= 11 is 0. The largest absolute Gasteiger partial charge is 0.446 e. The smallest absolute Gasteiger partial charge is 0.195 e. The molecule has 1 fully saturated rings. The van der Waals surface area contributed by atoms with Crippen LogP contribution in [0.15, 0.2) is 10.6 Å². The van der Waals surface area contributed by atoms with Gasteiger partial charge in [0.25, 0.3) is 0 Å². The molecule has 0 spiro atoms. The fraction of sp³-hybridized carbons (Fsp3) is 0.769. The average Bonchev–Trinajstić information content (AvgIpc) is 2.91. The molecule has 2 rings (SSSR count). The van der Waals surface area contributed by atoms with Crippen LogP contribution in [0, 0.1) is 5.92 Å². The van der Waals surface area contributed by atoms with E-state index in [1.807, 2.05) is 6.20 Å². The lowest BCUT2D eigenvalue weighted by molar-refractivity contribution is 0.412. The van der Waals surface area contributed by atoms with E-state index in [-0.39, 0.29) is 0 Å². The molecule has 3 nitrogen and oxygen atoms in total. The zero-order valence-corrected chi connectivity index (χ0v) is 10.2. The summed E-state index contributed by atoms with van der Waals surface area (Å²) in [5.41, 5.74) is 0. The van der Waals surface area contributed by atoms with Crippen LogP contribution in [-0.4, -0.2) is 18.1 Å². The van der Waals surface area contributed by atoms with Crippen molar-refractivity contribution in [3.63, 3.8) is 0 Å². The molecule has 1 N–H and O–H groups in total. The average molecular weight is 222 g/mol. The van der Waals surface area contributed by atoms with Crippen molar-refractivity contribution in [1.29, 1.82) is 0 Å². The van der Waals surface area contributed by atoms with Crippen molar-refractivity contribution in [2.24, 2.45) is 5.92 Å². The first-order valence-corrected chi connectivity index (χ1v) is 6.52. The van der Waals surface area contributed by atoms with Crippen LogP contribution in [0.1, 0.15) is 44.3 Å². The molecular formula is C13H22N2O. The Hall–Kier alpha value is -0.830. The van der Waals surface area contributed by atoms with Gasteiger partial charge in [0.05, 0.1) is 6.20 Å². The molecular weight excluding hydrogens is 200 g/mol. The van der Waals surface area contributed by atoms with E-state index in [1.165, 1.54) is 25.7 Å². The molecule has 0 bridgehead atoms. The van der Waals surface area contributed by atoms with E-state index in [0.717, 1.165) is 43.5 Å². The molecule has 1 aromatic heterocycles. The van der Waals surface area contributed by atoms with Gasteiger partial charge in [0.2, 0.25) is 0 Å². The van der Waals surface area contributed by atoms with Crippen molar-refractivity contribution in [3.8, 4) is 0 Å². The van der Waals surface area contributed by atoms with Gasteiger partial charge < -0.3 is 9.73 Å². The third-order valence-electron chi connectivity index (χ3n) is 3.33. The molecule has 0 amide bonds. The number of rotatable bonds is 6. The highest BCUT2D eigenvalue weighted by Gasteiger charge is 2.17. The van der Waals surface area contributed by atoms with E-state index in [0.29, 0.717) is 0 Å². The molecule has 1 saturated carbocycles. The third-order valence-corrected chi connectivity index (χ3v) is 3.33. The minimum absolute atomic E-state index is 0.842. The molecule has 1 aromatic rings. The number of nitrogens with zero attached hydrogens (tertiary/aromatic N) is 1. The quantitative estimate of drug-likeness (QED) is 0.752. The van der Waals surface area contributed by atoms with Crippen LogP contribution in [0.5, 0.6) is 0 Å². The van der Waals surface area contributed by atoms with Gasteiger partial charge in [-0.2, -0.15) is 0 Å². The van der Waals surface area contributed by atoms with Gasteiger partial charge in [0, 0.05) is 19.4 Å². The molecule has 0 aliphatic heterocycles. The Morgan fingerprint density at radius 2 is 2.25 bits per heavy atom. The Balaban J connectivity index is 1.77. The normalized spacial score (nSPS) is 17.1. The molecule has 3 heteroatoms. The third kappa shape index (κ3) is 3.34. The Bertz CT molecular complexity index is 303. The number of likely N-dealkylation sites (N-methyl/N-ethyl adjacent to an activating group) is 1. The predicted octanol–water partition coefficient (Wildman–Crippen LogP) is 2.56. The van der Waals surface area contributed by atoms with E-state index < -0.39 is 0 Å². The summed E-state index contributed by atoms with van der Waals surface area (Å²) < 4.78 is 5.74. The summed E-state index contributed by atoms with van der Waals surface area (Å²) in [4.78, 5) is 4.32. The van der Waals surface area contributed by atoms with E-state index in [2.05, 4.69) is 17.2 Å². The Kier molecular flexibility index (Phi) is 4.40. The predicted molar refractivity (Wildman–Crippen MR) is 64.4 cm³/mol. The first kappa shape index (κ1) is 11.6. The Morgan fingerprint density at radius 3 is 3.00 bits per heavy atom. The number of aromatic nitrogens is 1. The highest BCUT2D eigenvalue weighted by atomic mass is 16.4. The maximum Gasteiger partial charge on any atom is 0.195 e. The summed E-state index contributed by atoms with van der Waals surface area (Å²) in [7, 11) is 0. The molecule has 1 heterocycles. The van der Waals surface area contributed by atoms with Crippen molar-refractivity contribution < 1.29 is 4.42 Å². The van der Waals surface area contributed by atoms with Crippen LogP contribution in [0.3, 0.4) is 0 Å². The summed E-state index contributed by atoms with van der Waals surface area (Å²) in [6.07, 6.45) is 9.44. The van der Waals surface area contributed by atoms with Gasteiger partial charge >= 0.3 is 0 Å². The van der Waals surface area contributed by atoms with Crippen LogP contribution >= 0.6 is 0 Å². The molecule has 0 saturated heterocycles. The fourth-order valence-corrected chi connectivity index (χ4v) is 2.43. The molecule has 1 aliphatic rings. The molecule has 0 atom stereocenters. The maximum atomic E-state index is 5.74. The molecule has 0 radical (unpaired) electrons. The lowest BCUT2D eigenvalue weighted by Crippen LogP contribution is -2.16. The van der Waals surface area contributed by atoms with Gasteiger partial charge in [0.15, 0.2) is 5.89 Å². The van der Waals surface area contributed by atoms with Gasteiger partial charge in [-0.3, -0.25) is 0 Å². The zero-order valence-electron chi connectivity index (χ0n) is 10.2. The molecule has 0 unspecified atom stereocenters. The maximum absolute atomic E-state index is 5.74. The van der Waals surface area contributed by atoms with Gasteiger partial charge in [-0.15, -0.1) is 0 Å². The van der Waals surface area contributed by atoms with Crippen molar-refractivity contribution >= 4 is 0 Å². The van der Waals surface area contributed by atoms with Crippen molar-refractivity contribution in [3.05, 3.63) is 17.8 Å². The summed E-state index contributed by atoms with van der Waals surface area (Å²) in [6, 6.07) is 0. The van der Waals surface area contributed by atoms with Crippen LogP contribution in [-0.2, 0) is 12.8 Å². The second-order valence-electron chi connectivity index (χ2n) is 4.68. The minimum atomic E-state index is 0.842. The fourth-order valence-electron chi connectivity index (χ4n) is 2.43. The highest BCUT2D eigenvalue weighted by Crippen LogP contribution is 2.28. The van der Waals surface area contributed by atoms with E-state index >= 15 is 0 Å². The van der Waals surface area contributed by atoms with Crippen molar-refractivity contribution in [1.82, 2.24) is 10.3 Å². The molecule has 1 aliphatic carbocycles. The van der Waals surface area contributed by atoms with Gasteiger partial charge in [-0.25, -0.2) is 4.98 Å². The number of hydrogen-bond acceptors (Lipinski definition) is 3. The molecule has 90 valence electrons. The Morgan fingerprint density at radius 1 is 1.44 bits per heavy atom. The monoisotopic (exact) mass is 222 g/mol. The molecule has 0 aromatic carbocycles. The summed E-state index contributed by atoms with van der Waals surface area (Å²) in [5, 5.41) is 3.28. The lowest BCUT2D eigenvalue weighted by Gasteiger charge is -2.04. The molecule has 16 heavy (non-hydrogen) atoms. The second kappa shape index (κ2) is 6.04. The summed E-state index contributed by atoms with van der Waals surface area (Å²) in [6.45, 7) is 4.08. The zero-order chi connectivity index (χ0) is 11.2. The minimum Gasteiger partial charge on any atom is -0.446 e. The summed E-state index contributed by atoms with van der Waals surface area (Å²) in [5.74, 6) is 2.81. The van der Waals surface area contributed by atoms with Crippen molar-refractivity contribution in [2.45, 2.75) is 45.4 Å². The van der Waals surface area contributed by atoms with Crippen LogP contribution in [0.4, 0.5) is 0 Å². The van der Waals surface area contributed by atoms with E-state index in [1.54, 1.807) is 0 Å². The Labute approximate surface area is 97.6 Å². The van der Waals surface area contributed by atoms with Crippen LogP contribution in [0.25, 0.3) is 0 Å². The number of hydrogen-bond donors (Lipinski definition) is 1. The number of nitrogens with one attached hydrogen (secondary N) is 1. The number of oxazole rings is 1. The van der Waals surface area contributed by atoms with Crippen molar-refractivity contribution in [2.75, 3.05) is 13.1 Å². The van der Waals surface area contributed by atoms with Crippen LogP contribution < -0.4 is 5.32 Å². The first-order chi connectivity index (χ1) is 7.88. The second-order valence-corrected chi connectivity index (χ2v) is 4.68. The van der Waals surface area contributed by atoms with Crippen LogP contribution in [0.2, 0.25) is 0 Å². The standard InChI is InChI=1S/C13H22N2O/c1-2-14-8-7-13-15-10-12(16-13)9-11-5-3-4-6-11/h10-11,14H,2-9H2,1H3. The topological polar surface area (TPSA) is 38.1 Å². The van der Waals surface area contributed by atoms with E-state index in [4.69, 9.17) is 4.42 Å². The van der Waals surface area contributed by atoms with Gasteiger partial charge in [-0.05, 0) is 12.5 Å². The van der Waals surface area contributed by atoms with Gasteiger partial charge in [0.1, 0.15) is 5.76 Å².